The van der Waals surface area contributed by atoms with Crippen molar-refractivity contribution in [1.82, 2.24) is 5.32 Å². The van der Waals surface area contributed by atoms with Gasteiger partial charge in [-0.05, 0) is 61.1 Å². The number of ether oxygens (including phenoxy) is 1. The topological polar surface area (TPSA) is 55.4 Å². The van der Waals surface area contributed by atoms with Crippen LogP contribution in [0.1, 0.15) is 55.6 Å². The highest BCUT2D eigenvalue weighted by Crippen LogP contribution is 2.45. The van der Waals surface area contributed by atoms with Crippen LogP contribution in [-0.4, -0.2) is 11.6 Å². The van der Waals surface area contributed by atoms with Gasteiger partial charge in [-0.2, -0.15) is 0 Å². The van der Waals surface area contributed by atoms with E-state index in [1.54, 1.807) is 0 Å². The van der Waals surface area contributed by atoms with Gasteiger partial charge in [0.2, 0.25) is 0 Å². The first-order valence-corrected chi connectivity index (χ1v) is 11.2. The van der Waals surface area contributed by atoms with Crippen molar-refractivity contribution < 1.29 is 14.3 Å². The Labute approximate surface area is 186 Å². The number of Topliss-reactive ketones (excluding diaryl/α,β-unsaturated/α-hetero) is 2. The smallest absolute Gasteiger partial charge is 0.161 e. The third-order valence-electron chi connectivity index (χ3n) is 6.32. The Balaban J connectivity index is 1.43. The maximum absolute atomic E-state index is 12.9. The second-order valence-corrected chi connectivity index (χ2v) is 8.82. The van der Waals surface area contributed by atoms with Gasteiger partial charge in [0.15, 0.2) is 11.6 Å². The van der Waals surface area contributed by atoms with Crippen molar-refractivity contribution in [2.75, 3.05) is 0 Å². The SMILES string of the molecule is O=C1CCCC2=C1C(c1ccc(OCc3ccc(Cl)cc3)cc1)C1=C(CCCC1=O)N2. The Morgan fingerprint density at radius 3 is 1.97 bits per heavy atom. The Bertz CT molecular complexity index is 1050. The molecule has 2 aromatic rings. The molecule has 0 aromatic heterocycles. The average Bonchev–Trinajstić information content (AvgIpc) is 2.78. The van der Waals surface area contributed by atoms with Crippen molar-refractivity contribution >= 4 is 23.2 Å². The zero-order valence-corrected chi connectivity index (χ0v) is 18.0. The van der Waals surface area contributed by atoms with Crippen LogP contribution in [0.15, 0.2) is 71.1 Å². The summed E-state index contributed by atoms with van der Waals surface area (Å²) in [5, 5.41) is 4.16. The number of hydrogen-bond donors (Lipinski definition) is 1. The molecule has 0 saturated carbocycles. The summed E-state index contributed by atoms with van der Waals surface area (Å²) in [6.45, 7) is 0.450. The summed E-state index contributed by atoms with van der Waals surface area (Å²) in [6, 6.07) is 15.4. The van der Waals surface area contributed by atoms with Crippen molar-refractivity contribution in [3.05, 3.63) is 87.2 Å². The highest BCUT2D eigenvalue weighted by Gasteiger charge is 2.40. The Kier molecular flexibility index (Phi) is 5.41. The lowest BCUT2D eigenvalue weighted by Gasteiger charge is -2.37. The molecule has 0 unspecified atom stereocenters. The fraction of sp³-hybridized carbons (Fsp3) is 0.308. The van der Waals surface area contributed by atoms with E-state index in [0.29, 0.717) is 24.5 Å². The van der Waals surface area contributed by atoms with Crippen molar-refractivity contribution in [3.63, 3.8) is 0 Å². The predicted molar refractivity (Wildman–Crippen MR) is 120 cm³/mol. The van der Waals surface area contributed by atoms with Gasteiger partial charge in [0.05, 0.1) is 0 Å². The number of benzene rings is 2. The molecule has 0 fully saturated rings. The zero-order valence-electron chi connectivity index (χ0n) is 17.2. The molecule has 0 saturated heterocycles. The number of carbonyl (C=O) groups is 2. The number of ketones is 2. The molecule has 3 aliphatic rings. The fourth-order valence-electron chi connectivity index (χ4n) is 4.82. The van der Waals surface area contributed by atoms with Crippen molar-refractivity contribution in [1.29, 1.82) is 0 Å². The third-order valence-corrected chi connectivity index (χ3v) is 6.58. The molecule has 0 radical (unpaired) electrons. The Hall–Kier alpha value is -2.85. The first kappa shape index (κ1) is 20.1. The van der Waals surface area contributed by atoms with Crippen LogP contribution in [0.5, 0.6) is 5.75 Å². The number of rotatable bonds is 4. The summed E-state index contributed by atoms with van der Waals surface area (Å²) < 4.78 is 5.92. The standard InChI is InChI=1S/C26H24ClNO3/c27-18-11-7-16(8-12-18)15-31-19-13-9-17(10-14-19)24-25-20(3-1-5-22(25)29)28-21-4-2-6-23(30)26(21)24/h7-14,24,28H,1-6,15H2. The normalized spacial score (nSPS) is 19.1. The fourth-order valence-corrected chi connectivity index (χ4v) is 4.95. The summed E-state index contributed by atoms with van der Waals surface area (Å²) in [4.78, 5) is 25.8. The summed E-state index contributed by atoms with van der Waals surface area (Å²) in [5.74, 6) is 0.802. The maximum atomic E-state index is 12.9. The van der Waals surface area contributed by atoms with Gasteiger partial charge in [0.1, 0.15) is 12.4 Å². The molecular formula is C26H24ClNO3. The minimum absolute atomic E-state index is 0.159. The largest absolute Gasteiger partial charge is 0.489 e. The monoisotopic (exact) mass is 433 g/mol. The molecule has 1 N–H and O–H groups in total. The molecule has 158 valence electrons. The molecule has 1 heterocycles. The van der Waals surface area contributed by atoms with E-state index in [4.69, 9.17) is 16.3 Å². The molecule has 2 aromatic carbocycles. The lowest BCUT2D eigenvalue weighted by Crippen LogP contribution is -2.36. The lowest BCUT2D eigenvalue weighted by molar-refractivity contribution is -0.116. The predicted octanol–water partition coefficient (Wildman–Crippen LogP) is 5.62. The summed E-state index contributed by atoms with van der Waals surface area (Å²) in [7, 11) is 0. The molecule has 4 nitrogen and oxygen atoms in total. The second-order valence-electron chi connectivity index (χ2n) is 8.38. The van der Waals surface area contributed by atoms with E-state index >= 15 is 0 Å². The third kappa shape index (κ3) is 3.92. The first-order valence-electron chi connectivity index (χ1n) is 10.9. The van der Waals surface area contributed by atoms with Crippen LogP contribution in [0.4, 0.5) is 0 Å². The number of dihydropyridines is 1. The number of carbonyl (C=O) groups excluding carboxylic acids is 2. The number of nitrogens with one attached hydrogen (secondary N) is 1. The van der Waals surface area contributed by atoms with Crippen LogP contribution in [0.2, 0.25) is 5.02 Å². The van der Waals surface area contributed by atoms with Gasteiger partial charge in [-0.1, -0.05) is 35.9 Å². The lowest BCUT2D eigenvalue weighted by atomic mass is 9.71. The molecule has 31 heavy (non-hydrogen) atoms. The number of allylic oxidation sites excluding steroid dienone is 4. The quantitative estimate of drug-likeness (QED) is 0.679. The van der Waals surface area contributed by atoms with E-state index in [0.717, 1.165) is 65.1 Å². The van der Waals surface area contributed by atoms with E-state index in [9.17, 15) is 9.59 Å². The van der Waals surface area contributed by atoms with Crippen molar-refractivity contribution in [2.45, 2.75) is 51.0 Å². The van der Waals surface area contributed by atoms with Gasteiger partial charge in [-0.3, -0.25) is 9.59 Å². The number of hydrogen-bond acceptors (Lipinski definition) is 4. The highest BCUT2D eigenvalue weighted by molar-refractivity contribution is 6.30. The summed E-state index contributed by atoms with van der Waals surface area (Å²) in [5.41, 5.74) is 5.61. The Morgan fingerprint density at radius 2 is 1.39 bits per heavy atom. The van der Waals surface area contributed by atoms with Gasteiger partial charge in [-0.15, -0.1) is 0 Å². The van der Waals surface area contributed by atoms with Gasteiger partial charge in [0, 0.05) is 46.3 Å². The molecule has 0 bridgehead atoms. The van der Waals surface area contributed by atoms with E-state index in [2.05, 4.69) is 5.32 Å². The average molecular weight is 434 g/mol. The molecule has 5 rings (SSSR count). The summed E-state index contributed by atoms with van der Waals surface area (Å²) in [6.07, 6.45) is 4.57. The molecule has 0 atom stereocenters. The Morgan fingerprint density at radius 1 is 0.806 bits per heavy atom. The summed E-state index contributed by atoms with van der Waals surface area (Å²) >= 11 is 5.94. The van der Waals surface area contributed by atoms with Gasteiger partial charge >= 0.3 is 0 Å². The number of halogens is 1. The maximum Gasteiger partial charge on any atom is 0.161 e. The van der Waals surface area contributed by atoms with Crippen LogP contribution in [0.3, 0.4) is 0 Å². The van der Waals surface area contributed by atoms with Gasteiger partial charge < -0.3 is 10.1 Å². The van der Waals surface area contributed by atoms with Crippen LogP contribution in [0.25, 0.3) is 0 Å². The van der Waals surface area contributed by atoms with Gasteiger partial charge in [0.25, 0.3) is 0 Å². The van der Waals surface area contributed by atoms with E-state index in [1.807, 2.05) is 48.5 Å². The van der Waals surface area contributed by atoms with Crippen LogP contribution in [0, 0.1) is 0 Å². The van der Waals surface area contributed by atoms with Gasteiger partial charge in [-0.25, -0.2) is 0 Å². The highest BCUT2D eigenvalue weighted by atomic mass is 35.5. The van der Waals surface area contributed by atoms with Crippen molar-refractivity contribution in [2.24, 2.45) is 0 Å². The minimum Gasteiger partial charge on any atom is -0.489 e. The second kappa shape index (κ2) is 8.35. The molecule has 2 aliphatic carbocycles. The first-order chi connectivity index (χ1) is 15.1. The van der Waals surface area contributed by atoms with Crippen LogP contribution < -0.4 is 10.1 Å². The molecule has 5 heteroatoms. The van der Waals surface area contributed by atoms with E-state index < -0.39 is 0 Å². The molecule has 0 spiro atoms. The van der Waals surface area contributed by atoms with E-state index in [-0.39, 0.29) is 17.5 Å². The minimum atomic E-state index is -0.267. The zero-order chi connectivity index (χ0) is 21.4. The molecule has 1 aliphatic heterocycles. The van der Waals surface area contributed by atoms with Crippen LogP contribution >= 0.6 is 11.6 Å². The van der Waals surface area contributed by atoms with Crippen molar-refractivity contribution in [3.8, 4) is 5.75 Å². The van der Waals surface area contributed by atoms with E-state index in [1.165, 1.54) is 0 Å². The molecular weight excluding hydrogens is 410 g/mol. The molecule has 0 amide bonds. The van der Waals surface area contributed by atoms with Crippen LogP contribution in [-0.2, 0) is 16.2 Å².